The largest absolute Gasteiger partial charge is 0.494 e. The fourth-order valence-corrected chi connectivity index (χ4v) is 2.79. The Hall–Kier alpha value is -2.60. The van der Waals surface area contributed by atoms with Crippen molar-refractivity contribution in [2.24, 2.45) is 0 Å². The van der Waals surface area contributed by atoms with Gasteiger partial charge in [-0.2, -0.15) is 0 Å². The number of likely N-dealkylation sites (N-methyl/N-ethyl adjacent to an activating group) is 1. The van der Waals surface area contributed by atoms with Gasteiger partial charge in [-0.15, -0.1) is 0 Å². The second-order valence-electron chi connectivity index (χ2n) is 5.39. The summed E-state index contributed by atoms with van der Waals surface area (Å²) in [6.45, 7) is 4.38. The van der Waals surface area contributed by atoms with Gasteiger partial charge in [-0.3, -0.25) is 9.69 Å². The molecule has 0 radical (unpaired) electrons. The average molecular weight is 342 g/mol. The molecule has 0 spiro atoms. The van der Waals surface area contributed by atoms with Gasteiger partial charge in [0.1, 0.15) is 23.0 Å². The van der Waals surface area contributed by atoms with E-state index < -0.39 is 0 Å². The Morgan fingerprint density at radius 1 is 1.21 bits per heavy atom. The van der Waals surface area contributed by atoms with Crippen molar-refractivity contribution in [2.45, 2.75) is 13.8 Å². The van der Waals surface area contributed by atoms with Crippen molar-refractivity contribution < 1.29 is 13.9 Å². The molecule has 0 unspecified atom stereocenters. The molecule has 1 aliphatic rings. The van der Waals surface area contributed by atoms with E-state index in [0.29, 0.717) is 28.9 Å². The third-order valence-corrected chi connectivity index (χ3v) is 4.16. The quantitative estimate of drug-likeness (QED) is 0.628. The molecule has 0 aliphatic carbocycles. The van der Waals surface area contributed by atoms with Crippen molar-refractivity contribution in [3.05, 3.63) is 53.6 Å². The van der Waals surface area contributed by atoms with Gasteiger partial charge in [-0.25, -0.2) is 0 Å². The van der Waals surface area contributed by atoms with Crippen LogP contribution >= 0.6 is 12.2 Å². The number of ether oxygens (including phenoxy) is 1. The number of aryl methyl sites for hydroxylation is 1. The molecular weight excluding hydrogens is 324 g/mol. The zero-order valence-corrected chi connectivity index (χ0v) is 14.6. The highest BCUT2D eigenvalue weighted by Gasteiger charge is 2.37. The molecule has 0 atom stereocenters. The zero-order chi connectivity index (χ0) is 17.3. The van der Waals surface area contributed by atoms with Crippen LogP contribution in [0.4, 0.5) is 5.69 Å². The van der Waals surface area contributed by atoms with Crippen LogP contribution in [0.15, 0.2) is 46.5 Å². The van der Waals surface area contributed by atoms with Crippen LogP contribution in [-0.4, -0.2) is 29.6 Å². The fraction of sp³-hybridized carbons (Fsp3) is 0.222. The molecule has 0 bridgehead atoms. The van der Waals surface area contributed by atoms with Gasteiger partial charge in [0.25, 0.3) is 5.91 Å². The lowest BCUT2D eigenvalue weighted by molar-refractivity contribution is -0.114. The molecule has 24 heavy (non-hydrogen) atoms. The number of carbonyl (C=O) groups is 1. The van der Waals surface area contributed by atoms with E-state index in [1.54, 1.807) is 18.0 Å². The summed E-state index contributed by atoms with van der Waals surface area (Å²) in [4.78, 5) is 16.0. The maximum absolute atomic E-state index is 12.8. The van der Waals surface area contributed by atoms with E-state index in [1.807, 2.05) is 50.2 Å². The van der Waals surface area contributed by atoms with Crippen molar-refractivity contribution in [1.29, 1.82) is 0 Å². The number of carbonyl (C=O) groups excluding carboxylic acids is 1. The maximum Gasteiger partial charge on any atom is 0.281 e. The Morgan fingerprint density at radius 3 is 2.50 bits per heavy atom. The molecule has 6 heteroatoms. The molecule has 5 nitrogen and oxygen atoms in total. The number of benzene rings is 1. The predicted octanol–water partition coefficient (Wildman–Crippen LogP) is 3.59. The molecule has 0 N–H and O–H groups in total. The summed E-state index contributed by atoms with van der Waals surface area (Å²) in [5.41, 5.74) is 1.18. The molecule has 2 heterocycles. The Morgan fingerprint density at radius 2 is 1.92 bits per heavy atom. The predicted molar refractivity (Wildman–Crippen MR) is 96.9 cm³/mol. The Bertz CT molecular complexity index is 808. The number of hydrogen-bond acceptors (Lipinski definition) is 4. The van der Waals surface area contributed by atoms with E-state index in [0.717, 1.165) is 11.5 Å². The second-order valence-corrected chi connectivity index (χ2v) is 5.75. The highest BCUT2D eigenvalue weighted by Crippen LogP contribution is 2.29. The molecule has 1 amide bonds. The standard InChI is InChI=1S/C18H18N2O3S/c1-4-22-14-9-6-13(7-10-14)20-17(21)16(19(3)18(20)24)11-15-8-5-12(2)23-15/h5-11H,4H2,1-3H3/b16-11+. The number of hydrogen-bond donors (Lipinski definition) is 0. The lowest BCUT2D eigenvalue weighted by Gasteiger charge is -2.16. The van der Waals surface area contributed by atoms with Crippen LogP contribution in [0.25, 0.3) is 6.08 Å². The lowest BCUT2D eigenvalue weighted by Crippen LogP contribution is -2.31. The molecular formula is C18H18N2O3S. The summed E-state index contributed by atoms with van der Waals surface area (Å²) in [5, 5.41) is 0.429. The minimum absolute atomic E-state index is 0.180. The van der Waals surface area contributed by atoms with Crippen LogP contribution in [0.3, 0.4) is 0 Å². The van der Waals surface area contributed by atoms with E-state index in [-0.39, 0.29) is 5.91 Å². The van der Waals surface area contributed by atoms with Crippen LogP contribution in [0.5, 0.6) is 5.75 Å². The van der Waals surface area contributed by atoms with Crippen molar-refractivity contribution in [3.8, 4) is 5.75 Å². The first-order valence-electron chi connectivity index (χ1n) is 7.64. The smallest absolute Gasteiger partial charge is 0.281 e. The summed E-state index contributed by atoms with van der Waals surface area (Å²) < 4.78 is 11.0. The SMILES string of the molecule is CCOc1ccc(N2C(=O)/C(=C\c3ccc(C)o3)N(C)C2=S)cc1. The van der Waals surface area contributed by atoms with Gasteiger partial charge in [0.2, 0.25) is 0 Å². The third-order valence-electron chi connectivity index (χ3n) is 3.71. The van der Waals surface area contributed by atoms with Gasteiger partial charge >= 0.3 is 0 Å². The number of amides is 1. The summed E-state index contributed by atoms with van der Waals surface area (Å²) >= 11 is 5.43. The summed E-state index contributed by atoms with van der Waals surface area (Å²) in [5.74, 6) is 2.00. The Balaban J connectivity index is 1.91. The van der Waals surface area contributed by atoms with Crippen LogP contribution in [0, 0.1) is 6.92 Å². The summed E-state index contributed by atoms with van der Waals surface area (Å²) in [6, 6.07) is 11.0. The van der Waals surface area contributed by atoms with Crippen LogP contribution < -0.4 is 9.64 Å². The molecule has 1 aliphatic heterocycles. The lowest BCUT2D eigenvalue weighted by atomic mass is 10.2. The van der Waals surface area contributed by atoms with Gasteiger partial charge in [0, 0.05) is 13.1 Å². The Kier molecular flexibility index (Phi) is 4.40. The molecule has 1 aromatic heterocycles. The minimum Gasteiger partial charge on any atom is -0.494 e. The first-order chi connectivity index (χ1) is 11.5. The topological polar surface area (TPSA) is 45.9 Å². The van der Waals surface area contributed by atoms with Crippen molar-refractivity contribution >= 4 is 35.0 Å². The number of nitrogens with zero attached hydrogens (tertiary/aromatic N) is 2. The van der Waals surface area contributed by atoms with Gasteiger partial charge in [0.15, 0.2) is 5.11 Å². The van der Waals surface area contributed by atoms with Crippen molar-refractivity contribution in [2.75, 3.05) is 18.6 Å². The van der Waals surface area contributed by atoms with Gasteiger partial charge in [-0.05, 0) is 62.5 Å². The normalized spacial score (nSPS) is 16.4. The molecule has 2 aromatic rings. The average Bonchev–Trinajstić information content (AvgIpc) is 3.06. The third kappa shape index (κ3) is 2.92. The Labute approximate surface area is 146 Å². The number of anilines is 1. The molecule has 1 aromatic carbocycles. The summed E-state index contributed by atoms with van der Waals surface area (Å²) in [6.07, 6.45) is 1.70. The second kappa shape index (κ2) is 6.49. The minimum atomic E-state index is -0.180. The van der Waals surface area contributed by atoms with Gasteiger partial charge < -0.3 is 14.1 Å². The van der Waals surface area contributed by atoms with Crippen molar-refractivity contribution in [3.63, 3.8) is 0 Å². The summed E-state index contributed by atoms with van der Waals surface area (Å²) in [7, 11) is 1.77. The number of rotatable bonds is 4. The van der Waals surface area contributed by atoms with E-state index in [4.69, 9.17) is 21.4 Å². The highest BCUT2D eigenvalue weighted by molar-refractivity contribution is 7.80. The highest BCUT2D eigenvalue weighted by atomic mass is 32.1. The zero-order valence-electron chi connectivity index (χ0n) is 13.8. The van der Waals surface area contributed by atoms with Gasteiger partial charge in [0.05, 0.1) is 12.3 Å². The fourth-order valence-electron chi connectivity index (χ4n) is 2.51. The molecule has 124 valence electrons. The number of furan rings is 1. The molecule has 0 saturated carbocycles. The van der Waals surface area contributed by atoms with E-state index in [2.05, 4.69) is 0 Å². The first kappa shape index (κ1) is 16.3. The van der Waals surface area contributed by atoms with E-state index >= 15 is 0 Å². The first-order valence-corrected chi connectivity index (χ1v) is 8.05. The van der Waals surface area contributed by atoms with Crippen molar-refractivity contribution in [1.82, 2.24) is 4.90 Å². The molecule has 1 fully saturated rings. The van der Waals surface area contributed by atoms with E-state index in [1.165, 1.54) is 4.90 Å². The van der Waals surface area contributed by atoms with Crippen LogP contribution in [0.1, 0.15) is 18.4 Å². The molecule has 3 rings (SSSR count). The maximum atomic E-state index is 12.8. The van der Waals surface area contributed by atoms with Crippen LogP contribution in [0.2, 0.25) is 0 Å². The number of thiocarbonyl (C=S) groups is 1. The molecule has 1 saturated heterocycles. The van der Waals surface area contributed by atoms with Crippen LogP contribution in [-0.2, 0) is 4.79 Å². The van der Waals surface area contributed by atoms with Gasteiger partial charge in [-0.1, -0.05) is 0 Å². The van der Waals surface area contributed by atoms with E-state index in [9.17, 15) is 4.79 Å². The monoisotopic (exact) mass is 342 g/mol.